The van der Waals surface area contributed by atoms with Gasteiger partial charge in [-0.25, -0.2) is 10.8 Å². The van der Waals surface area contributed by atoms with Gasteiger partial charge in [0.15, 0.2) is 0 Å². The number of nitrogens with zero attached hydrogens (tertiary/aromatic N) is 2. The molecular weight excluding hydrogens is 276 g/mol. The second-order valence-electron chi connectivity index (χ2n) is 3.25. The normalized spacial score (nSPS) is 11.9. The lowest BCUT2D eigenvalue weighted by atomic mass is 10.2. The molecule has 0 aromatic carbocycles. The molecule has 16 heavy (non-hydrogen) atoms. The number of hydrazine groups is 1. The zero-order chi connectivity index (χ0) is 12.1. The molecule has 0 aliphatic rings. The van der Waals surface area contributed by atoms with Gasteiger partial charge >= 0.3 is 0 Å². The van der Waals surface area contributed by atoms with E-state index >= 15 is 0 Å². The fraction of sp³-hybridized carbons (Fsp3) is 0.375. The molecule has 1 heterocycles. The highest BCUT2D eigenvalue weighted by molar-refractivity contribution is 9.10. The number of aromatic nitrogens is 2. The molecule has 1 unspecified atom stereocenters. The van der Waals surface area contributed by atoms with Crippen LogP contribution in [0.15, 0.2) is 10.7 Å². The molecule has 0 saturated heterocycles. The van der Waals surface area contributed by atoms with Crippen molar-refractivity contribution >= 4 is 33.6 Å². The third-order valence-corrected chi connectivity index (χ3v) is 2.34. The summed E-state index contributed by atoms with van der Waals surface area (Å²) in [5, 5.41) is 3.02. The lowest BCUT2D eigenvalue weighted by molar-refractivity contribution is -0.118. The summed E-state index contributed by atoms with van der Waals surface area (Å²) in [5.74, 6) is 5.66. The minimum absolute atomic E-state index is 0.116. The topological polar surface area (TPSA) is 119 Å². The number of halogens is 1. The van der Waals surface area contributed by atoms with E-state index in [-0.39, 0.29) is 24.3 Å². The molecule has 0 bridgehead atoms. The van der Waals surface area contributed by atoms with E-state index in [1.807, 2.05) is 6.92 Å². The average Bonchev–Trinajstić information content (AvgIpc) is 2.20. The lowest BCUT2D eigenvalue weighted by Crippen LogP contribution is -2.25. The van der Waals surface area contributed by atoms with Crippen LogP contribution in [0.3, 0.4) is 0 Å². The number of nitrogens with two attached hydrogens (primary N) is 2. The summed E-state index contributed by atoms with van der Waals surface area (Å²) in [5.41, 5.74) is 7.42. The molecule has 0 fully saturated rings. The summed E-state index contributed by atoms with van der Waals surface area (Å²) in [4.78, 5) is 18.7. The fourth-order valence-electron chi connectivity index (χ4n) is 1.12. The molecule has 88 valence electrons. The van der Waals surface area contributed by atoms with Crippen LogP contribution in [0.5, 0.6) is 0 Å². The van der Waals surface area contributed by atoms with Gasteiger partial charge in [0.1, 0.15) is 5.82 Å². The van der Waals surface area contributed by atoms with Crippen LogP contribution < -0.4 is 22.3 Å². The van der Waals surface area contributed by atoms with Gasteiger partial charge in [0, 0.05) is 18.7 Å². The number of hydrogen-bond donors (Lipinski definition) is 4. The number of anilines is 2. The molecule has 1 atom stereocenters. The van der Waals surface area contributed by atoms with Crippen LogP contribution in [0, 0.1) is 0 Å². The minimum Gasteiger partial charge on any atom is -0.370 e. The average molecular weight is 289 g/mol. The largest absolute Gasteiger partial charge is 0.370 e. The summed E-state index contributed by atoms with van der Waals surface area (Å²) in [6.07, 6.45) is 1.78. The maximum absolute atomic E-state index is 10.7. The predicted octanol–water partition coefficient (Wildman–Crippen LogP) is 0.200. The van der Waals surface area contributed by atoms with Gasteiger partial charge in [0.05, 0.1) is 4.47 Å². The molecule has 8 heteroatoms. The van der Waals surface area contributed by atoms with Gasteiger partial charge in [-0.05, 0) is 22.9 Å². The first kappa shape index (κ1) is 12.7. The van der Waals surface area contributed by atoms with E-state index < -0.39 is 0 Å². The van der Waals surface area contributed by atoms with Crippen molar-refractivity contribution in [2.45, 2.75) is 19.4 Å². The van der Waals surface area contributed by atoms with Crippen LogP contribution >= 0.6 is 15.9 Å². The fourth-order valence-corrected chi connectivity index (χ4v) is 1.43. The number of amides is 1. The summed E-state index contributed by atoms with van der Waals surface area (Å²) < 4.78 is 0.683. The lowest BCUT2D eigenvalue weighted by Gasteiger charge is -2.14. The zero-order valence-electron chi connectivity index (χ0n) is 8.70. The maximum atomic E-state index is 10.7. The third-order valence-electron chi connectivity index (χ3n) is 1.76. The van der Waals surface area contributed by atoms with E-state index in [0.717, 1.165) is 0 Å². The number of nitrogens with one attached hydrogen (secondary N) is 2. The van der Waals surface area contributed by atoms with Gasteiger partial charge in [-0.2, -0.15) is 4.98 Å². The highest BCUT2D eigenvalue weighted by atomic mass is 79.9. The summed E-state index contributed by atoms with van der Waals surface area (Å²) in [7, 11) is 0. The maximum Gasteiger partial charge on any atom is 0.239 e. The second kappa shape index (κ2) is 5.61. The van der Waals surface area contributed by atoms with Crippen molar-refractivity contribution in [3.63, 3.8) is 0 Å². The summed E-state index contributed by atoms with van der Waals surface area (Å²) in [6.45, 7) is 1.83. The van der Waals surface area contributed by atoms with Crippen molar-refractivity contribution < 1.29 is 4.79 Å². The minimum atomic E-state index is -0.373. The molecule has 1 amide bonds. The molecule has 1 rings (SSSR count). The van der Waals surface area contributed by atoms with Gasteiger partial charge in [0.2, 0.25) is 11.9 Å². The van der Waals surface area contributed by atoms with Crippen LogP contribution in [-0.2, 0) is 4.79 Å². The van der Waals surface area contributed by atoms with Crippen LogP contribution in [-0.4, -0.2) is 21.9 Å². The molecule has 0 aliphatic carbocycles. The van der Waals surface area contributed by atoms with Crippen LogP contribution in [0.1, 0.15) is 13.3 Å². The molecular formula is C8H13BrN6O. The standard InChI is InChI=1S/C8H13BrN6O/c1-4(2-6(10)16)13-7-5(9)3-12-8(14-7)15-11/h3-4H,2,11H2,1H3,(H2,10,16)(H2,12,13,14,15). The summed E-state index contributed by atoms with van der Waals surface area (Å²) in [6, 6.07) is -0.116. The first-order chi connectivity index (χ1) is 7.52. The number of nitrogen functional groups attached to an aromatic ring is 1. The van der Waals surface area contributed by atoms with Gasteiger partial charge in [0.25, 0.3) is 0 Å². The van der Waals surface area contributed by atoms with E-state index in [1.165, 1.54) is 0 Å². The van der Waals surface area contributed by atoms with Crippen molar-refractivity contribution in [1.82, 2.24) is 9.97 Å². The van der Waals surface area contributed by atoms with Crippen molar-refractivity contribution in [1.29, 1.82) is 0 Å². The molecule has 0 aliphatic heterocycles. The van der Waals surface area contributed by atoms with Crippen LogP contribution in [0.2, 0.25) is 0 Å². The van der Waals surface area contributed by atoms with Crippen molar-refractivity contribution in [2.24, 2.45) is 11.6 Å². The number of carbonyl (C=O) groups excluding carboxylic acids is 1. The Hall–Kier alpha value is -1.41. The van der Waals surface area contributed by atoms with E-state index in [0.29, 0.717) is 10.3 Å². The highest BCUT2D eigenvalue weighted by Gasteiger charge is 2.10. The van der Waals surface area contributed by atoms with Gasteiger partial charge in [-0.3, -0.25) is 10.2 Å². The third kappa shape index (κ3) is 3.63. The Balaban J connectivity index is 2.75. The predicted molar refractivity (Wildman–Crippen MR) is 64.4 cm³/mol. The quantitative estimate of drug-likeness (QED) is 0.454. The molecule has 0 spiro atoms. The zero-order valence-corrected chi connectivity index (χ0v) is 10.3. The second-order valence-corrected chi connectivity index (χ2v) is 4.10. The van der Waals surface area contributed by atoms with Gasteiger partial charge in [-0.15, -0.1) is 0 Å². The molecule has 0 saturated carbocycles. The molecule has 1 aromatic heterocycles. The van der Waals surface area contributed by atoms with E-state index in [2.05, 4.69) is 36.6 Å². The van der Waals surface area contributed by atoms with E-state index in [9.17, 15) is 4.79 Å². The molecule has 0 radical (unpaired) electrons. The number of carbonyl (C=O) groups is 1. The van der Waals surface area contributed by atoms with Crippen molar-refractivity contribution in [3.8, 4) is 0 Å². The number of primary amides is 1. The Morgan fingerprint density at radius 3 is 2.94 bits per heavy atom. The SMILES string of the molecule is CC(CC(N)=O)Nc1nc(NN)ncc1Br. The Labute approximate surface area is 101 Å². The summed E-state index contributed by atoms with van der Waals surface area (Å²) >= 11 is 3.28. The van der Waals surface area contributed by atoms with Crippen molar-refractivity contribution in [2.75, 3.05) is 10.7 Å². The highest BCUT2D eigenvalue weighted by Crippen LogP contribution is 2.20. The smallest absolute Gasteiger partial charge is 0.239 e. The van der Waals surface area contributed by atoms with Crippen LogP contribution in [0.4, 0.5) is 11.8 Å². The van der Waals surface area contributed by atoms with Crippen LogP contribution in [0.25, 0.3) is 0 Å². The van der Waals surface area contributed by atoms with Gasteiger partial charge < -0.3 is 11.1 Å². The van der Waals surface area contributed by atoms with Gasteiger partial charge in [-0.1, -0.05) is 0 Å². The monoisotopic (exact) mass is 288 g/mol. The Morgan fingerprint density at radius 1 is 1.69 bits per heavy atom. The first-order valence-corrected chi connectivity index (χ1v) is 5.36. The Morgan fingerprint density at radius 2 is 2.38 bits per heavy atom. The number of hydrogen-bond acceptors (Lipinski definition) is 6. The van der Waals surface area contributed by atoms with Crippen molar-refractivity contribution in [3.05, 3.63) is 10.7 Å². The Kier molecular flexibility index (Phi) is 4.44. The number of rotatable bonds is 5. The molecule has 1 aromatic rings. The van der Waals surface area contributed by atoms with E-state index in [1.54, 1.807) is 6.20 Å². The first-order valence-electron chi connectivity index (χ1n) is 4.57. The van der Waals surface area contributed by atoms with E-state index in [4.69, 9.17) is 11.6 Å². The molecule has 6 N–H and O–H groups in total. The molecule has 7 nitrogen and oxygen atoms in total. The Bertz CT molecular complexity index is 385.